The van der Waals surface area contributed by atoms with E-state index in [9.17, 15) is 4.79 Å². The van der Waals surface area contributed by atoms with E-state index >= 15 is 0 Å². The van der Waals surface area contributed by atoms with Crippen molar-refractivity contribution in [2.24, 2.45) is 0 Å². The van der Waals surface area contributed by atoms with Crippen LogP contribution >= 0.6 is 0 Å². The lowest BCUT2D eigenvalue weighted by Gasteiger charge is -2.06. The second-order valence-electron chi connectivity index (χ2n) is 4.24. The van der Waals surface area contributed by atoms with Crippen LogP contribution in [0.25, 0.3) is 0 Å². The molecule has 0 saturated heterocycles. The van der Waals surface area contributed by atoms with Gasteiger partial charge in [-0.1, -0.05) is 19.1 Å². The maximum Gasteiger partial charge on any atom is 0.224 e. The lowest BCUT2D eigenvalue weighted by Crippen LogP contribution is -2.26. The number of carbonyl (C=O) groups excluding carboxylic acids is 1. The zero-order valence-corrected chi connectivity index (χ0v) is 10.9. The molecule has 1 amide bonds. The molecule has 1 aromatic rings. The van der Waals surface area contributed by atoms with Crippen LogP contribution < -0.4 is 11.1 Å². The molecule has 1 rings (SSSR count). The number of rotatable bonds is 8. The Morgan fingerprint density at radius 2 is 2.22 bits per heavy atom. The summed E-state index contributed by atoms with van der Waals surface area (Å²) in [4.78, 5) is 11.6. The van der Waals surface area contributed by atoms with Gasteiger partial charge in [0.25, 0.3) is 0 Å². The minimum atomic E-state index is 0.0242. The number of hydrogen-bond acceptors (Lipinski definition) is 3. The van der Waals surface area contributed by atoms with Gasteiger partial charge in [-0.3, -0.25) is 4.79 Å². The van der Waals surface area contributed by atoms with Crippen LogP contribution in [-0.2, 0) is 16.0 Å². The first-order chi connectivity index (χ1) is 8.72. The van der Waals surface area contributed by atoms with Crippen LogP contribution in [0.15, 0.2) is 24.3 Å². The highest BCUT2D eigenvalue weighted by atomic mass is 16.5. The lowest BCUT2D eigenvalue weighted by atomic mass is 10.1. The highest BCUT2D eigenvalue weighted by molar-refractivity contribution is 5.78. The summed E-state index contributed by atoms with van der Waals surface area (Å²) in [5.41, 5.74) is 7.28. The van der Waals surface area contributed by atoms with Gasteiger partial charge in [-0.05, 0) is 30.5 Å². The Hall–Kier alpha value is -1.55. The number of ether oxygens (including phenoxy) is 1. The Bertz CT molecular complexity index is 367. The van der Waals surface area contributed by atoms with Gasteiger partial charge in [-0.15, -0.1) is 0 Å². The predicted molar refractivity (Wildman–Crippen MR) is 73.3 cm³/mol. The summed E-state index contributed by atoms with van der Waals surface area (Å²) in [6.07, 6.45) is 2.26. The van der Waals surface area contributed by atoms with Crippen molar-refractivity contribution in [2.75, 3.05) is 25.5 Å². The molecule has 0 atom stereocenters. The largest absolute Gasteiger partial charge is 0.399 e. The van der Waals surface area contributed by atoms with E-state index in [-0.39, 0.29) is 5.91 Å². The molecule has 4 nitrogen and oxygen atoms in total. The van der Waals surface area contributed by atoms with Crippen LogP contribution in [0.1, 0.15) is 25.3 Å². The van der Waals surface area contributed by atoms with Crippen molar-refractivity contribution < 1.29 is 9.53 Å². The van der Waals surface area contributed by atoms with Crippen LogP contribution in [0.5, 0.6) is 0 Å². The number of carbonyl (C=O) groups is 1. The predicted octanol–water partition coefficient (Wildman–Crippen LogP) is 1.74. The molecule has 0 bridgehead atoms. The third kappa shape index (κ3) is 6.25. The summed E-state index contributed by atoms with van der Waals surface area (Å²) < 4.78 is 5.33. The summed E-state index contributed by atoms with van der Waals surface area (Å²) >= 11 is 0. The summed E-state index contributed by atoms with van der Waals surface area (Å²) in [5.74, 6) is 0.0242. The van der Waals surface area contributed by atoms with Crippen molar-refractivity contribution in [1.82, 2.24) is 5.32 Å². The summed E-state index contributed by atoms with van der Waals surface area (Å²) in [6, 6.07) is 7.40. The standard InChI is InChI=1S/C14H22N2O2/c1-2-8-18-9-4-7-16-14(17)11-12-5-3-6-13(15)10-12/h3,5-6,10H,2,4,7-9,11,15H2,1H3,(H,16,17). The first-order valence-corrected chi connectivity index (χ1v) is 6.41. The third-order valence-electron chi connectivity index (χ3n) is 2.45. The van der Waals surface area contributed by atoms with Crippen molar-refractivity contribution in [3.05, 3.63) is 29.8 Å². The zero-order chi connectivity index (χ0) is 13.2. The van der Waals surface area contributed by atoms with Gasteiger partial charge in [0.05, 0.1) is 6.42 Å². The second-order valence-corrected chi connectivity index (χ2v) is 4.24. The highest BCUT2D eigenvalue weighted by Gasteiger charge is 2.02. The van der Waals surface area contributed by atoms with Gasteiger partial charge in [0.1, 0.15) is 0 Å². The van der Waals surface area contributed by atoms with E-state index in [1.807, 2.05) is 24.3 Å². The maximum absolute atomic E-state index is 11.6. The number of amides is 1. The molecule has 1 aromatic carbocycles. The maximum atomic E-state index is 11.6. The molecule has 0 spiro atoms. The fourth-order valence-electron chi connectivity index (χ4n) is 1.60. The van der Waals surface area contributed by atoms with Gasteiger partial charge in [-0.2, -0.15) is 0 Å². The quantitative estimate of drug-likeness (QED) is 0.545. The Morgan fingerprint density at radius 1 is 1.39 bits per heavy atom. The van der Waals surface area contributed by atoms with E-state index in [1.165, 1.54) is 0 Å². The Morgan fingerprint density at radius 3 is 2.94 bits per heavy atom. The average molecular weight is 250 g/mol. The van der Waals surface area contributed by atoms with E-state index in [2.05, 4.69) is 12.2 Å². The molecule has 3 N–H and O–H groups in total. The Kier molecular flexibility index (Phi) is 6.87. The van der Waals surface area contributed by atoms with Gasteiger partial charge in [0.2, 0.25) is 5.91 Å². The first-order valence-electron chi connectivity index (χ1n) is 6.41. The summed E-state index contributed by atoms with van der Waals surface area (Å²) in [6.45, 7) is 4.22. The van der Waals surface area contributed by atoms with Gasteiger partial charge >= 0.3 is 0 Å². The summed E-state index contributed by atoms with van der Waals surface area (Å²) in [7, 11) is 0. The molecule has 0 saturated carbocycles. The van der Waals surface area contributed by atoms with Crippen LogP contribution in [-0.4, -0.2) is 25.7 Å². The van der Waals surface area contributed by atoms with Crippen molar-refractivity contribution in [2.45, 2.75) is 26.2 Å². The molecule has 0 aliphatic carbocycles. The normalized spacial score (nSPS) is 10.3. The number of anilines is 1. The first kappa shape index (κ1) is 14.5. The van der Waals surface area contributed by atoms with E-state index < -0.39 is 0 Å². The Balaban J connectivity index is 2.14. The molecule has 0 aliphatic rings. The van der Waals surface area contributed by atoms with Gasteiger partial charge in [-0.25, -0.2) is 0 Å². The fourth-order valence-corrected chi connectivity index (χ4v) is 1.60. The molecule has 0 fully saturated rings. The molecule has 4 heteroatoms. The van der Waals surface area contributed by atoms with Gasteiger partial charge in [0.15, 0.2) is 0 Å². The van der Waals surface area contributed by atoms with Gasteiger partial charge in [0, 0.05) is 25.4 Å². The number of hydrogen-bond donors (Lipinski definition) is 2. The molecular weight excluding hydrogens is 228 g/mol. The van der Waals surface area contributed by atoms with E-state index in [1.54, 1.807) is 0 Å². The lowest BCUT2D eigenvalue weighted by molar-refractivity contribution is -0.120. The molecule has 0 radical (unpaired) electrons. The van der Waals surface area contributed by atoms with E-state index in [0.29, 0.717) is 25.3 Å². The molecule has 0 heterocycles. The average Bonchev–Trinajstić information content (AvgIpc) is 2.33. The molecular formula is C14H22N2O2. The number of nitrogens with two attached hydrogens (primary N) is 1. The van der Waals surface area contributed by atoms with Crippen LogP contribution in [0.4, 0.5) is 5.69 Å². The third-order valence-corrected chi connectivity index (χ3v) is 2.45. The number of nitrogens with one attached hydrogen (secondary N) is 1. The van der Waals surface area contributed by atoms with Crippen LogP contribution in [0.2, 0.25) is 0 Å². The molecule has 0 unspecified atom stereocenters. The van der Waals surface area contributed by atoms with Crippen LogP contribution in [0.3, 0.4) is 0 Å². The van der Waals surface area contributed by atoms with Gasteiger partial charge < -0.3 is 15.8 Å². The minimum Gasteiger partial charge on any atom is -0.399 e. The van der Waals surface area contributed by atoms with Crippen molar-refractivity contribution in [1.29, 1.82) is 0 Å². The zero-order valence-electron chi connectivity index (χ0n) is 10.9. The molecule has 0 aromatic heterocycles. The van der Waals surface area contributed by atoms with Crippen LogP contribution in [0, 0.1) is 0 Å². The van der Waals surface area contributed by atoms with Crippen molar-refractivity contribution in [3.8, 4) is 0 Å². The molecule has 18 heavy (non-hydrogen) atoms. The number of nitrogen functional groups attached to an aromatic ring is 1. The highest BCUT2D eigenvalue weighted by Crippen LogP contribution is 2.06. The molecule has 0 aliphatic heterocycles. The molecule has 100 valence electrons. The minimum absolute atomic E-state index is 0.0242. The smallest absolute Gasteiger partial charge is 0.224 e. The second kappa shape index (κ2) is 8.53. The SMILES string of the molecule is CCCOCCCNC(=O)Cc1cccc(N)c1. The summed E-state index contributed by atoms with van der Waals surface area (Å²) in [5, 5.41) is 2.87. The fraction of sp³-hybridized carbons (Fsp3) is 0.500. The van der Waals surface area contributed by atoms with E-state index in [4.69, 9.17) is 10.5 Å². The topological polar surface area (TPSA) is 64.3 Å². The van der Waals surface area contributed by atoms with Crippen molar-refractivity contribution in [3.63, 3.8) is 0 Å². The van der Waals surface area contributed by atoms with E-state index in [0.717, 1.165) is 25.0 Å². The van der Waals surface area contributed by atoms with Crippen molar-refractivity contribution >= 4 is 11.6 Å². The number of benzene rings is 1. The monoisotopic (exact) mass is 250 g/mol. The Labute approximate surface area is 109 Å².